The summed E-state index contributed by atoms with van der Waals surface area (Å²) in [5.41, 5.74) is 0.854. The van der Waals surface area contributed by atoms with Gasteiger partial charge in [0, 0.05) is 17.1 Å². The first-order valence-corrected chi connectivity index (χ1v) is 8.39. The summed E-state index contributed by atoms with van der Waals surface area (Å²) < 4.78 is 3.24. The quantitative estimate of drug-likeness (QED) is 0.536. The van der Waals surface area contributed by atoms with Gasteiger partial charge in [0.05, 0.1) is 5.75 Å². The van der Waals surface area contributed by atoms with E-state index >= 15 is 0 Å². The fraction of sp³-hybridized carbons (Fsp3) is 0.308. The summed E-state index contributed by atoms with van der Waals surface area (Å²) in [6.45, 7) is 2.86. The average molecular weight is 351 g/mol. The maximum Gasteiger partial charge on any atom is 0.210 e. The number of halogens is 1. The van der Waals surface area contributed by atoms with E-state index in [0.29, 0.717) is 21.8 Å². The Labute approximate surface area is 142 Å². The van der Waals surface area contributed by atoms with Crippen molar-refractivity contribution in [1.82, 2.24) is 35.1 Å². The Morgan fingerprint density at radius 3 is 2.70 bits per heavy atom. The van der Waals surface area contributed by atoms with Crippen LogP contribution in [-0.4, -0.2) is 35.1 Å². The third kappa shape index (κ3) is 3.45. The summed E-state index contributed by atoms with van der Waals surface area (Å²) in [5, 5.41) is 21.2. The minimum atomic E-state index is 0.572. The van der Waals surface area contributed by atoms with Gasteiger partial charge in [-0.2, -0.15) is 0 Å². The van der Waals surface area contributed by atoms with Crippen LogP contribution in [0.3, 0.4) is 0 Å². The van der Waals surface area contributed by atoms with Crippen molar-refractivity contribution in [1.29, 1.82) is 0 Å². The van der Waals surface area contributed by atoms with Gasteiger partial charge in [-0.3, -0.25) is 0 Å². The molecule has 0 saturated carbocycles. The number of aromatic nitrogens is 7. The number of tetrazole rings is 1. The molecule has 0 aliphatic rings. The van der Waals surface area contributed by atoms with Crippen molar-refractivity contribution in [3.05, 3.63) is 35.1 Å². The Kier molecular flexibility index (Phi) is 4.77. The number of benzene rings is 1. The molecule has 1 aromatic carbocycles. The molecule has 3 aromatic rings. The minimum absolute atomic E-state index is 0.572. The number of hydrogen-bond donors (Lipinski definition) is 1. The summed E-state index contributed by atoms with van der Waals surface area (Å²) in [6.07, 6.45) is 0.969. The van der Waals surface area contributed by atoms with Crippen molar-refractivity contribution < 1.29 is 0 Å². The highest BCUT2D eigenvalue weighted by Crippen LogP contribution is 2.24. The average Bonchev–Trinajstić information content (AvgIpc) is 3.14. The zero-order valence-electron chi connectivity index (χ0n) is 12.4. The fourth-order valence-corrected chi connectivity index (χ4v) is 2.93. The lowest BCUT2D eigenvalue weighted by Crippen LogP contribution is -2.12. The first kappa shape index (κ1) is 15.8. The molecule has 0 unspecified atom stereocenters. The highest BCUT2D eigenvalue weighted by atomic mass is 35.5. The van der Waals surface area contributed by atoms with Crippen molar-refractivity contribution in [2.24, 2.45) is 0 Å². The zero-order chi connectivity index (χ0) is 16.2. The summed E-state index contributed by atoms with van der Waals surface area (Å²) in [5.74, 6) is 8.03. The maximum absolute atomic E-state index is 6.09. The van der Waals surface area contributed by atoms with Crippen molar-refractivity contribution in [2.75, 3.05) is 5.84 Å². The molecule has 0 bridgehead atoms. The summed E-state index contributed by atoms with van der Waals surface area (Å²) in [6, 6.07) is 7.28. The smallest absolute Gasteiger partial charge is 0.210 e. The minimum Gasteiger partial charge on any atom is -0.335 e. The molecule has 0 fully saturated rings. The molecule has 0 radical (unpaired) electrons. The predicted molar refractivity (Wildman–Crippen MR) is 88.3 cm³/mol. The van der Waals surface area contributed by atoms with Crippen LogP contribution in [0, 0.1) is 0 Å². The number of nitrogens with zero attached hydrogens (tertiary/aromatic N) is 7. The van der Waals surface area contributed by atoms with Crippen molar-refractivity contribution in [3.8, 4) is 11.4 Å². The van der Waals surface area contributed by atoms with Gasteiger partial charge >= 0.3 is 0 Å². The van der Waals surface area contributed by atoms with E-state index in [1.54, 1.807) is 16.8 Å². The third-order valence-corrected chi connectivity index (χ3v) is 4.33. The van der Waals surface area contributed by atoms with E-state index in [1.807, 2.05) is 12.1 Å². The number of nitrogen functional groups attached to an aromatic ring is 1. The molecule has 2 heterocycles. The standard InChI is InChI=1S/C13H15ClN8S/c1-2-7-21-11(16-19-20-21)8-23-13-18-17-12(22(13)15)9-3-5-10(14)6-4-9/h3-6H,2,7-8,15H2,1H3. The summed E-state index contributed by atoms with van der Waals surface area (Å²) >= 11 is 7.33. The fourth-order valence-electron chi connectivity index (χ4n) is 2.01. The van der Waals surface area contributed by atoms with Crippen LogP contribution in [0.15, 0.2) is 29.4 Å². The topological polar surface area (TPSA) is 100 Å². The highest BCUT2D eigenvalue weighted by Gasteiger charge is 2.14. The largest absolute Gasteiger partial charge is 0.335 e. The third-order valence-electron chi connectivity index (χ3n) is 3.14. The van der Waals surface area contributed by atoms with Gasteiger partial charge in [-0.05, 0) is 41.1 Å². The van der Waals surface area contributed by atoms with Gasteiger partial charge in [-0.1, -0.05) is 30.3 Å². The van der Waals surface area contributed by atoms with Crippen LogP contribution >= 0.6 is 23.4 Å². The summed E-state index contributed by atoms with van der Waals surface area (Å²) in [4.78, 5) is 0. The number of rotatable bonds is 6. The normalized spacial score (nSPS) is 11.0. The van der Waals surface area contributed by atoms with E-state index in [2.05, 4.69) is 32.6 Å². The number of hydrogen-bond acceptors (Lipinski definition) is 7. The molecule has 10 heteroatoms. The molecule has 23 heavy (non-hydrogen) atoms. The predicted octanol–water partition coefficient (Wildman–Crippen LogP) is 2.00. The van der Waals surface area contributed by atoms with Crippen LogP contribution in [0.5, 0.6) is 0 Å². The van der Waals surface area contributed by atoms with Gasteiger partial charge in [0.25, 0.3) is 0 Å². The molecule has 0 atom stereocenters. The van der Waals surface area contributed by atoms with Crippen LogP contribution in [0.2, 0.25) is 5.02 Å². The molecule has 2 N–H and O–H groups in total. The van der Waals surface area contributed by atoms with Gasteiger partial charge in [0.15, 0.2) is 11.6 Å². The Morgan fingerprint density at radius 1 is 1.17 bits per heavy atom. The Morgan fingerprint density at radius 2 is 1.96 bits per heavy atom. The van der Waals surface area contributed by atoms with E-state index in [0.717, 1.165) is 24.4 Å². The molecule has 3 rings (SSSR count). The SMILES string of the molecule is CCCn1nnnc1CSc1nnc(-c2ccc(Cl)cc2)n1N. The molecular weight excluding hydrogens is 336 g/mol. The van der Waals surface area contributed by atoms with E-state index in [9.17, 15) is 0 Å². The lowest BCUT2D eigenvalue weighted by molar-refractivity contribution is 0.564. The Balaban J connectivity index is 1.74. The first-order chi connectivity index (χ1) is 11.2. The van der Waals surface area contributed by atoms with Crippen LogP contribution < -0.4 is 5.84 Å². The van der Waals surface area contributed by atoms with Crippen molar-refractivity contribution in [3.63, 3.8) is 0 Å². The molecule has 120 valence electrons. The molecule has 0 saturated heterocycles. The number of thioether (sulfide) groups is 1. The van der Waals surface area contributed by atoms with Crippen LogP contribution in [0.25, 0.3) is 11.4 Å². The van der Waals surface area contributed by atoms with Crippen molar-refractivity contribution in [2.45, 2.75) is 30.8 Å². The van der Waals surface area contributed by atoms with E-state index in [-0.39, 0.29) is 0 Å². The molecule has 0 aliphatic carbocycles. The second kappa shape index (κ2) is 6.97. The second-order valence-corrected chi connectivity index (χ2v) is 6.17. The highest BCUT2D eigenvalue weighted by molar-refractivity contribution is 7.98. The number of aryl methyl sites for hydroxylation is 1. The Bertz CT molecular complexity index is 782. The Hall–Kier alpha value is -2.13. The van der Waals surface area contributed by atoms with Gasteiger partial charge in [0.1, 0.15) is 0 Å². The van der Waals surface area contributed by atoms with E-state index < -0.39 is 0 Å². The lowest BCUT2D eigenvalue weighted by Gasteiger charge is -2.04. The number of nitrogens with two attached hydrogens (primary N) is 1. The maximum atomic E-state index is 6.09. The van der Waals surface area contributed by atoms with Crippen LogP contribution in [0.4, 0.5) is 0 Å². The van der Waals surface area contributed by atoms with Gasteiger partial charge in [-0.15, -0.1) is 15.3 Å². The van der Waals surface area contributed by atoms with E-state index in [1.165, 1.54) is 16.4 Å². The molecule has 0 spiro atoms. The second-order valence-electron chi connectivity index (χ2n) is 4.79. The molecule has 2 aromatic heterocycles. The molecule has 0 aliphatic heterocycles. The molecule has 8 nitrogen and oxygen atoms in total. The van der Waals surface area contributed by atoms with Gasteiger partial charge < -0.3 is 5.84 Å². The first-order valence-electron chi connectivity index (χ1n) is 7.03. The van der Waals surface area contributed by atoms with Crippen LogP contribution in [0.1, 0.15) is 19.2 Å². The molecule has 0 amide bonds. The van der Waals surface area contributed by atoms with Crippen molar-refractivity contribution >= 4 is 23.4 Å². The lowest BCUT2D eigenvalue weighted by atomic mass is 10.2. The monoisotopic (exact) mass is 350 g/mol. The van der Waals surface area contributed by atoms with Crippen LogP contribution in [-0.2, 0) is 12.3 Å². The van der Waals surface area contributed by atoms with Gasteiger partial charge in [-0.25, -0.2) is 9.36 Å². The van der Waals surface area contributed by atoms with E-state index in [4.69, 9.17) is 17.4 Å². The summed E-state index contributed by atoms with van der Waals surface area (Å²) in [7, 11) is 0. The zero-order valence-corrected chi connectivity index (χ0v) is 14.0. The molecular formula is C13H15ClN8S. The van der Waals surface area contributed by atoms with Gasteiger partial charge in [0.2, 0.25) is 5.16 Å².